The monoisotopic (exact) mass is 429 g/mol. The molecule has 1 saturated heterocycles. The predicted octanol–water partition coefficient (Wildman–Crippen LogP) is 1.75. The number of aromatic nitrogens is 2. The fourth-order valence-electron chi connectivity index (χ4n) is 3.12. The van der Waals surface area contributed by atoms with Crippen LogP contribution in [0.15, 0.2) is 54.0 Å². The second-order valence-corrected chi connectivity index (χ2v) is 8.08. The standard InChI is InChI=1S/C20H27N7O2S/c1-13(12-21)11-16(22)27-9-7-15(8-10-27)23-19-25-26-20(30-19)24-18(29)17(28)14-5-3-2-4-6-14/h2-6,11-12,15,17,28H,7-10,21-22H2,1H3,(H,23,25)(H,24,26,29)/b13-12-,16-11+. The summed E-state index contributed by atoms with van der Waals surface area (Å²) in [4.78, 5) is 14.4. The van der Waals surface area contributed by atoms with Crippen molar-refractivity contribution in [3.63, 3.8) is 0 Å². The van der Waals surface area contributed by atoms with Crippen LogP contribution in [0, 0.1) is 0 Å². The molecule has 0 bridgehead atoms. The maximum atomic E-state index is 12.2. The van der Waals surface area contributed by atoms with Crippen molar-refractivity contribution in [2.24, 2.45) is 11.5 Å². The highest BCUT2D eigenvalue weighted by molar-refractivity contribution is 7.19. The van der Waals surface area contributed by atoms with Crippen molar-refractivity contribution in [2.45, 2.75) is 31.9 Å². The lowest BCUT2D eigenvalue weighted by molar-refractivity contribution is -0.124. The van der Waals surface area contributed by atoms with Crippen LogP contribution in [0.3, 0.4) is 0 Å². The molecule has 2 aromatic rings. The number of aliphatic hydroxyl groups excluding tert-OH is 1. The van der Waals surface area contributed by atoms with Crippen LogP contribution in [0.1, 0.15) is 31.4 Å². The molecule has 1 atom stereocenters. The molecule has 160 valence electrons. The van der Waals surface area contributed by atoms with E-state index in [1.165, 1.54) is 17.5 Å². The minimum Gasteiger partial charge on any atom is -0.404 e. The highest BCUT2D eigenvalue weighted by Gasteiger charge is 2.22. The summed E-state index contributed by atoms with van der Waals surface area (Å²) in [5.41, 5.74) is 13.1. The van der Waals surface area contributed by atoms with E-state index < -0.39 is 12.0 Å². The van der Waals surface area contributed by atoms with Crippen LogP contribution in [-0.2, 0) is 4.79 Å². The number of carbonyl (C=O) groups excluding carboxylic acids is 1. The molecule has 2 heterocycles. The number of piperidine rings is 1. The van der Waals surface area contributed by atoms with E-state index in [0.29, 0.717) is 21.6 Å². The molecule has 9 nitrogen and oxygen atoms in total. The molecule has 0 aliphatic carbocycles. The number of benzene rings is 1. The number of nitrogens with two attached hydrogens (primary N) is 2. The third-order valence-corrected chi connectivity index (χ3v) is 5.61. The van der Waals surface area contributed by atoms with Gasteiger partial charge in [-0.1, -0.05) is 41.7 Å². The lowest BCUT2D eigenvalue weighted by Crippen LogP contribution is -2.40. The minimum atomic E-state index is -1.26. The summed E-state index contributed by atoms with van der Waals surface area (Å²) in [7, 11) is 0. The number of nitrogens with zero attached hydrogens (tertiary/aromatic N) is 3. The van der Waals surface area contributed by atoms with Crippen molar-refractivity contribution in [2.75, 3.05) is 23.7 Å². The Morgan fingerprint density at radius 1 is 1.27 bits per heavy atom. The second kappa shape index (κ2) is 10.1. The molecule has 0 radical (unpaired) electrons. The van der Waals surface area contributed by atoms with E-state index in [4.69, 9.17) is 11.5 Å². The molecular formula is C20H27N7O2S. The molecule has 3 rings (SSSR count). The summed E-state index contributed by atoms with van der Waals surface area (Å²) in [5.74, 6) is 0.173. The topological polar surface area (TPSA) is 142 Å². The van der Waals surface area contributed by atoms with E-state index in [1.54, 1.807) is 24.3 Å². The summed E-state index contributed by atoms with van der Waals surface area (Å²) >= 11 is 1.24. The Morgan fingerprint density at radius 2 is 1.93 bits per heavy atom. The van der Waals surface area contributed by atoms with Crippen molar-refractivity contribution >= 4 is 27.5 Å². The van der Waals surface area contributed by atoms with Gasteiger partial charge in [-0.25, -0.2) is 0 Å². The number of hydrogen-bond acceptors (Lipinski definition) is 9. The molecule has 10 heteroatoms. The predicted molar refractivity (Wildman–Crippen MR) is 118 cm³/mol. The molecule has 30 heavy (non-hydrogen) atoms. The molecule has 1 amide bonds. The summed E-state index contributed by atoms with van der Waals surface area (Å²) in [6, 6.07) is 8.99. The van der Waals surface area contributed by atoms with Gasteiger partial charge in [0.05, 0.1) is 5.82 Å². The molecule has 0 spiro atoms. The Morgan fingerprint density at radius 3 is 2.60 bits per heavy atom. The van der Waals surface area contributed by atoms with Gasteiger partial charge in [0.15, 0.2) is 6.10 Å². The maximum Gasteiger partial charge on any atom is 0.259 e. The van der Waals surface area contributed by atoms with Gasteiger partial charge in [0.2, 0.25) is 10.3 Å². The fourth-order valence-corrected chi connectivity index (χ4v) is 3.85. The largest absolute Gasteiger partial charge is 0.404 e. The van der Waals surface area contributed by atoms with Crippen LogP contribution in [0.2, 0.25) is 0 Å². The number of amides is 1. The number of carbonyl (C=O) groups is 1. The van der Waals surface area contributed by atoms with E-state index in [-0.39, 0.29) is 6.04 Å². The minimum absolute atomic E-state index is 0.242. The van der Waals surface area contributed by atoms with Crippen LogP contribution in [0.4, 0.5) is 10.3 Å². The van der Waals surface area contributed by atoms with Crippen LogP contribution < -0.4 is 22.1 Å². The van der Waals surface area contributed by atoms with Crippen LogP contribution in [-0.4, -0.2) is 45.2 Å². The Bertz CT molecular complexity index is 905. The van der Waals surface area contributed by atoms with Crippen LogP contribution in [0.25, 0.3) is 0 Å². The summed E-state index contributed by atoms with van der Waals surface area (Å²) in [6.45, 7) is 3.55. The van der Waals surface area contributed by atoms with Crippen LogP contribution >= 0.6 is 11.3 Å². The third-order valence-electron chi connectivity index (χ3n) is 4.84. The molecular weight excluding hydrogens is 402 g/mol. The Labute approximate surface area is 179 Å². The molecule has 1 aliphatic rings. The van der Waals surface area contributed by atoms with Crippen molar-refractivity contribution in [1.82, 2.24) is 15.1 Å². The zero-order valence-electron chi connectivity index (χ0n) is 16.8. The number of likely N-dealkylation sites (tertiary alicyclic amines) is 1. The molecule has 1 unspecified atom stereocenters. The van der Waals surface area contributed by atoms with Gasteiger partial charge in [-0.15, -0.1) is 10.2 Å². The third kappa shape index (κ3) is 5.71. The molecule has 1 aromatic carbocycles. The summed E-state index contributed by atoms with van der Waals surface area (Å²) in [5, 5.41) is 25.2. The molecule has 1 aliphatic heterocycles. The van der Waals surface area contributed by atoms with Gasteiger partial charge < -0.3 is 26.8 Å². The average molecular weight is 430 g/mol. The molecule has 7 N–H and O–H groups in total. The van der Waals surface area contributed by atoms with Gasteiger partial charge in [-0.2, -0.15) is 0 Å². The first-order valence-corrected chi connectivity index (χ1v) is 10.5. The average Bonchev–Trinajstić information content (AvgIpc) is 3.20. The smallest absolute Gasteiger partial charge is 0.259 e. The van der Waals surface area contributed by atoms with Gasteiger partial charge >= 0.3 is 0 Å². The Hall–Kier alpha value is -3.11. The number of rotatable bonds is 7. The van der Waals surface area contributed by atoms with Gasteiger partial charge in [0, 0.05) is 19.1 Å². The number of allylic oxidation sites excluding steroid dienone is 2. The number of nitrogens with one attached hydrogen (secondary N) is 2. The second-order valence-electron chi connectivity index (χ2n) is 7.10. The highest BCUT2D eigenvalue weighted by atomic mass is 32.1. The van der Waals surface area contributed by atoms with E-state index in [0.717, 1.165) is 31.5 Å². The molecule has 1 aromatic heterocycles. The zero-order valence-corrected chi connectivity index (χ0v) is 17.6. The van der Waals surface area contributed by atoms with E-state index in [1.807, 2.05) is 19.1 Å². The van der Waals surface area contributed by atoms with Crippen LogP contribution in [0.5, 0.6) is 0 Å². The first kappa shape index (κ1) is 21.6. The summed E-state index contributed by atoms with van der Waals surface area (Å²) in [6.07, 6.45) is 3.94. The van der Waals surface area contributed by atoms with Gasteiger partial charge in [0.25, 0.3) is 5.91 Å². The van der Waals surface area contributed by atoms with Gasteiger partial charge in [-0.05, 0) is 43.2 Å². The highest BCUT2D eigenvalue weighted by Crippen LogP contribution is 2.25. The van der Waals surface area contributed by atoms with Crippen molar-refractivity contribution in [3.8, 4) is 0 Å². The Balaban J connectivity index is 1.49. The quantitative estimate of drug-likeness (QED) is 0.419. The Kier molecular flexibility index (Phi) is 7.26. The van der Waals surface area contributed by atoms with E-state index in [9.17, 15) is 9.90 Å². The maximum absolute atomic E-state index is 12.2. The van der Waals surface area contributed by atoms with E-state index in [2.05, 4.69) is 25.7 Å². The van der Waals surface area contributed by atoms with Gasteiger partial charge in [-0.3, -0.25) is 10.1 Å². The van der Waals surface area contributed by atoms with Crippen molar-refractivity contribution < 1.29 is 9.90 Å². The first-order chi connectivity index (χ1) is 14.5. The number of aliphatic hydroxyl groups is 1. The SMILES string of the molecule is CC(=C/N)/C=C(\N)N1CCC(Nc2nnc(NC(=O)C(O)c3ccccc3)s2)CC1. The van der Waals surface area contributed by atoms with Crippen molar-refractivity contribution in [3.05, 3.63) is 59.6 Å². The van der Waals surface area contributed by atoms with E-state index >= 15 is 0 Å². The normalized spacial score (nSPS) is 16.9. The number of hydrogen-bond donors (Lipinski definition) is 5. The molecule has 0 saturated carbocycles. The fraction of sp³-hybridized carbons (Fsp3) is 0.350. The molecule has 1 fully saturated rings. The lowest BCUT2D eigenvalue weighted by Gasteiger charge is -2.33. The van der Waals surface area contributed by atoms with Crippen molar-refractivity contribution in [1.29, 1.82) is 0 Å². The first-order valence-electron chi connectivity index (χ1n) is 9.71. The number of anilines is 2. The van der Waals surface area contributed by atoms with Gasteiger partial charge in [0.1, 0.15) is 0 Å². The zero-order chi connectivity index (χ0) is 21.5. The summed E-state index contributed by atoms with van der Waals surface area (Å²) < 4.78 is 0. The lowest BCUT2D eigenvalue weighted by atomic mass is 10.1.